The molecule has 1 saturated carbocycles. The van der Waals surface area contributed by atoms with E-state index in [2.05, 4.69) is 39.0 Å². The van der Waals surface area contributed by atoms with Crippen molar-refractivity contribution >= 4 is 5.78 Å². The fourth-order valence-corrected chi connectivity index (χ4v) is 3.49. The summed E-state index contributed by atoms with van der Waals surface area (Å²) in [6.45, 7) is 7.36. The molecule has 0 radical (unpaired) electrons. The maximum absolute atomic E-state index is 11.7. The van der Waals surface area contributed by atoms with E-state index < -0.39 is 0 Å². The number of hydrogen-bond acceptors (Lipinski definition) is 2. The van der Waals surface area contributed by atoms with Crippen LogP contribution < -0.4 is 0 Å². The zero-order valence-electron chi connectivity index (χ0n) is 13.7. The van der Waals surface area contributed by atoms with Crippen LogP contribution in [0.15, 0.2) is 18.2 Å². The molecule has 1 aliphatic carbocycles. The fraction of sp³-hybridized carbons (Fsp3) is 0.632. The van der Waals surface area contributed by atoms with Crippen molar-refractivity contribution in [1.82, 2.24) is 0 Å². The summed E-state index contributed by atoms with van der Waals surface area (Å²) in [6.07, 6.45) is 6.24. The maximum Gasteiger partial charge on any atom is 0.133 e. The van der Waals surface area contributed by atoms with Crippen molar-refractivity contribution in [1.29, 1.82) is 0 Å². The van der Waals surface area contributed by atoms with E-state index >= 15 is 0 Å². The smallest absolute Gasteiger partial charge is 0.133 e. The Morgan fingerprint density at radius 3 is 2.52 bits per heavy atom. The number of ketones is 1. The summed E-state index contributed by atoms with van der Waals surface area (Å²) >= 11 is 0. The van der Waals surface area contributed by atoms with E-state index in [-0.39, 0.29) is 5.60 Å². The van der Waals surface area contributed by atoms with Crippen molar-refractivity contribution in [3.63, 3.8) is 0 Å². The molecule has 1 fully saturated rings. The molecular formula is C19H28O2. The predicted molar refractivity (Wildman–Crippen MR) is 86.6 cm³/mol. The first-order valence-corrected chi connectivity index (χ1v) is 8.37. The van der Waals surface area contributed by atoms with Crippen LogP contribution in [0.3, 0.4) is 0 Å². The molecule has 0 N–H and O–H groups in total. The van der Waals surface area contributed by atoms with E-state index in [0.29, 0.717) is 18.6 Å². The molecule has 0 saturated heterocycles. The summed E-state index contributed by atoms with van der Waals surface area (Å²) in [5.74, 6) is 0.386. The highest BCUT2D eigenvalue weighted by molar-refractivity contribution is 5.79. The molecule has 0 spiro atoms. The number of carbonyl (C=O) groups excluding carboxylic acids is 1. The SMILES string of the molecule is CCCCOC1(c2c(C)cccc2CC)CCC(=O)CC1. The van der Waals surface area contributed by atoms with Crippen molar-refractivity contribution < 1.29 is 9.53 Å². The minimum absolute atomic E-state index is 0.236. The topological polar surface area (TPSA) is 26.3 Å². The lowest BCUT2D eigenvalue weighted by molar-refractivity contribution is -0.131. The highest BCUT2D eigenvalue weighted by Crippen LogP contribution is 2.42. The Morgan fingerprint density at radius 1 is 1.19 bits per heavy atom. The van der Waals surface area contributed by atoms with Crippen LogP contribution in [0.4, 0.5) is 0 Å². The van der Waals surface area contributed by atoms with Crippen LogP contribution in [-0.4, -0.2) is 12.4 Å². The van der Waals surface area contributed by atoms with Gasteiger partial charge in [-0.05, 0) is 49.3 Å². The second kappa shape index (κ2) is 7.22. The van der Waals surface area contributed by atoms with Crippen molar-refractivity contribution in [3.8, 4) is 0 Å². The van der Waals surface area contributed by atoms with Gasteiger partial charge in [-0.25, -0.2) is 0 Å². The highest BCUT2D eigenvalue weighted by Gasteiger charge is 2.39. The van der Waals surface area contributed by atoms with E-state index in [9.17, 15) is 4.79 Å². The Hall–Kier alpha value is -1.15. The molecule has 2 heteroatoms. The van der Waals surface area contributed by atoms with Gasteiger partial charge in [0.25, 0.3) is 0 Å². The van der Waals surface area contributed by atoms with Gasteiger partial charge in [0.15, 0.2) is 0 Å². The van der Waals surface area contributed by atoms with E-state index in [1.54, 1.807) is 0 Å². The van der Waals surface area contributed by atoms with E-state index in [1.807, 2.05) is 0 Å². The summed E-state index contributed by atoms with van der Waals surface area (Å²) in [5, 5.41) is 0. The highest BCUT2D eigenvalue weighted by atomic mass is 16.5. The number of carbonyl (C=O) groups is 1. The van der Waals surface area contributed by atoms with Gasteiger partial charge in [-0.3, -0.25) is 4.79 Å². The lowest BCUT2D eigenvalue weighted by Gasteiger charge is -2.39. The molecule has 1 aromatic carbocycles. The lowest BCUT2D eigenvalue weighted by Crippen LogP contribution is -2.37. The first-order valence-electron chi connectivity index (χ1n) is 8.37. The number of hydrogen-bond donors (Lipinski definition) is 0. The molecule has 0 bridgehead atoms. The van der Waals surface area contributed by atoms with Gasteiger partial charge in [-0.15, -0.1) is 0 Å². The summed E-state index contributed by atoms with van der Waals surface area (Å²) in [4.78, 5) is 11.7. The monoisotopic (exact) mass is 288 g/mol. The Morgan fingerprint density at radius 2 is 1.90 bits per heavy atom. The third-order valence-corrected chi connectivity index (χ3v) is 4.69. The van der Waals surface area contributed by atoms with Gasteiger partial charge >= 0.3 is 0 Å². The molecule has 0 atom stereocenters. The Labute approximate surface area is 128 Å². The molecule has 0 aromatic heterocycles. The third-order valence-electron chi connectivity index (χ3n) is 4.69. The van der Waals surface area contributed by atoms with E-state index in [0.717, 1.165) is 38.7 Å². The molecule has 21 heavy (non-hydrogen) atoms. The largest absolute Gasteiger partial charge is 0.370 e. The quantitative estimate of drug-likeness (QED) is 0.708. The lowest BCUT2D eigenvalue weighted by atomic mass is 9.75. The fourth-order valence-electron chi connectivity index (χ4n) is 3.49. The van der Waals surface area contributed by atoms with Gasteiger partial charge in [0.2, 0.25) is 0 Å². The van der Waals surface area contributed by atoms with E-state index in [4.69, 9.17) is 4.74 Å². The summed E-state index contributed by atoms with van der Waals surface area (Å²) < 4.78 is 6.42. The van der Waals surface area contributed by atoms with Crippen LogP contribution >= 0.6 is 0 Å². The minimum Gasteiger partial charge on any atom is -0.370 e. The average Bonchev–Trinajstić information content (AvgIpc) is 2.49. The average molecular weight is 288 g/mol. The van der Waals surface area contributed by atoms with Gasteiger partial charge < -0.3 is 4.74 Å². The molecule has 2 nitrogen and oxygen atoms in total. The molecule has 0 amide bonds. The molecule has 1 aromatic rings. The molecule has 116 valence electrons. The van der Waals surface area contributed by atoms with Crippen molar-refractivity contribution in [2.75, 3.05) is 6.61 Å². The molecule has 0 heterocycles. The summed E-state index contributed by atoms with van der Waals surface area (Å²) in [6, 6.07) is 6.52. The maximum atomic E-state index is 11.7. The van der Waals surface area contributed by atoms with Crippen LogP contribution in [0.2, 0.25) is 0 Å². The van der Waals surface area contributed by atoms with Gasteiger partial charge in [0, 0.05) is 19.4 Å². The van der Waals surface area contributed by atoms with Gasteiger partial charge in [-0.2, -0.15) is 0 Å². The van der Waals surface area contributed by atoms with Crippen LogP contribution in [0.1, 0.15) is 69.1 Å². The Bertz CT molecular complexity index is 480. The summed E-state index contributed by atoms with van der Waals surface area (Å²) in [5.41, 5.74) is 3.80. The molecule has 2 rings (SSSR count). The van der Waals surface area contributed by atoms with Crippen LogP contribution in [0.25, 0.3) is 0 Å². The van der Waals surface area contributed by atoms with Crippen LogP contribution in [0.5, 0.6) is 0 Å². The summed E-state index contributed by atoms with van der Waals surface area (Å²) in [7, 11) is 0. The molecule has 0 aliphatic heterocycles. The van der Waals surface area contributed by atoms with Crippen LogP contribution in [0, 0.1) is 6.92 Å². The normalized spacial score (nSPS) is 18.0. The second-order valence-corrected chi connectivity index (χ2v) is 6.20. The number of aryl methyl sites for hydroxylation is 2. The van der Waals surface area contributed by atoms with Crippen LogP contribution in [-0.2, 0) is 21.6 Å². The predicted octanol–water partition coefficient (Wildman–Crippen LogP) is 4.71. The first-order chi connectivity index (χ1) is 10.1. The zero-order chi connectivity index (χ0) is 15.3. The second-order valence-electron chi connectivity index (χ2n) is 6.20. The number of unbranched alkanes of at least 4 members (excludes halogenated alkanes) is 1. The Kier molecular flexibility index (Phi) is 5.58. The molecule has 0 unspecified atom stereocenters. The van der Waals surface area contributed by atoms with Crippen molar-refractivity contribution in [3.05, 3.63) is 34.9 Å². The Balaban J connectivity index is 2.37. The van der Waals surface area contributed by atoms with Gasteiger partial charge in [0.05, 0.1) is 5.60 Å². The number of benzene rings is 1. The third kappa shape index (κ3) is 3.55. The first kappa shape index (κ1) is 16.2. The van der Waals surface area contributed by atoms with Crippen molar-refractivity contribution in [2.45, 2.75) is 71.3 Å². The molecular weight excluding hydrogens is 260 g/mol. The number of Topliss-reactive ketones (excluding diaryl/α,β-unsaturated/α-hetero) is 1. The van der Waals surface area contributed by atoms with E-state index in [1.165, 1.54) is 16.7 Å². The van der Waals surface area contributed by atoms with Crippen molar-refractivity contribution in [2.24, 2.45) is 0 Å². The number of rotatable bonds is 6. The number of ether oxygens (including phenoxy) is 1. The minimum atomic E-state index is -0.236. The zero-order valence-corrected chi connectivity index (χ0v) is 13.7. The molecule has 1 aliphatic rings. The standard InChI is InChI=1S/C19H28O2/c1-4-6-14-21-19(12-10-17(20)11-13-19)18-15(3)8-7-9-16(18)5-2/h7-9H,4-6,10-14H2,1-3H3. The van der Waals surface area contributed by atoms with Gasteiger partial charge in [-0.1, -0.05) is 38.5 Å². The van der Waals surface area contributed by atoms with Gasteiger partial charge in [0.1, 0.15) is 5.78 Å².